The Balaban J connectivity index is 1.87. The maximum atomic E-state index is 10.1. The molecule has 3 rings (SSSR count). The monoisotopic (exact) mass is 400 g/mol. The first-order valence-corrected chi connectivity index (χ1v) is 8.81. The molecule has 10 heteroatoms. The zero-order valence-corrected chi connectivity index (χ0v) is 15.3. The lowest BCUT2D eigenvalue weighted by Crippen LogP contribution is -2.61. The summed E-state index contributed by atoms with van der Waals surface area (Å²) in [5, 5.41) is 43.0. The number of thiol groups is 1. The van der Waals surface area contributed by atoms with Gasteiger partial charge < -0.3 is 35.3 Å². The lowest BCUT2D eigenvalue weighted by Gasteiger charge is -2.39. The minimum atomic E-state index is -1.50. The van der Waals surface area contributed by atoms with Crippen molar-refractivity contribution in [3.8, 4) is 0 Å². The van der Waals surface area contributed by atoms with Crippen LogP contribution in [0.2, 0.25) is 0 Å². The number of rotatable bonds is 5. The molecule has 1 fully saturated rings. The van der Waals surface area contributed by atoms with Crippen LogP contribution in [0.4, 0.5) is 0 Å². The van der Waals surface area contributed by atoms with Gasteiger partial charge in [0.25, 0.3) is 6.29 Å². The van der Waals surface area contributed by atoms with Gasteiger partial charge in [-0.25, -0.2) is 0 Å². The highest BCUT2D eigenvalue weighted by Gasteiger charge is 2.45. The molecule has 0 unspecified atom stereocenters. The topological polar surface area (TPSA) is 116 Å². The largest absolute Gasteiger partial charge is 0.394 e. The van der Waals surface area contributed by atoms with Gasteiger partial charge in [0, 0.05) is 23.7 Å². The SMILES string of the molecule is OC[C@H]1O[C@@H](On2cc(CNC(=S)S)c3ccccc32)[C@H](O)[C@@H](O)[C@@H]1O. The van der Waals surface area contributed by atoms with Crippen molar-refractivity contribution in [2.75, 3.05) is 6.61 Å². The summed E-state index contributed by atoms with van der Waals surface area (Å²) < 4.78 is 7.16. The van der Waals surface area contributed by atoms with Crippen LogP contribution in [0.25, 0.3) is 10.9 Å². The number of aliphatic hydroxyl groups excluding tert-OH is 4. The van der Waals surface area contributed by atoms with Crippen molar-refractivity contribution in [1.82, 2.24) is 10.0 Å². The molecule has 0 radical (unpaired) electrons. The van der Waals surface area contributed by atoms with E-state index in [2.05, 4.69) is 17.9 Å². The van der Waals surface area contributed by atoms with Crippen molar-refractivity contribution in [1.29, 1.82) is 0 Å². The molecule has 0 aliphatic carbocycles. The summed E-state index contributed by atoms with van der Waals surface area (Å²) in [5.41, 5.74) is 1.59. The Morgan fingerprint density at radius 2 is 1.96 bits per heavy atom. The Morgan fingerprint density at radius 1 is 1.23 bits per heavy atom. The molecule has 142 valence electrons. The molecule has 0 bridgehead atoms. The molecule has 1 aromatic carbocycles. The fourth-order valence-electron chi connectivity index (χ4n) is 2.88. The number of hydrogen-bond acceptors (Lipinski definition) is 7. The van der Waals surface area contributed by atoms with E-state index in [1.807, 2.05) is 24.3 Å². The van der Waals surface area contributed by atoms with Crippen LogP contribution in [0, 0.1) is 0 Å². The van der Waals surface area contributed by atoms with Gasteiger partial charge in [-0.1, -0.05) is 30.4 Å². The van der Waals surface area contributed by atoms with Crippen molar-refractivity contribution in [3.63, 3.8) is 0 Å². The smallest absolute Gasteiger partial charge is 0.254 e. The standard InChI is InChI=1S/C16H20N2O6S2/c19-7-11-12(20)13(21)14(22)15(23-11)24-18-6-8(5-17-16(25)26)9-3-1-2-4-10(9)18/h1-4,6,11-15,19-22H,5,7H2,(H2,17,25,26)/t11-,12-,13+,14-,15+/m1/s1. The molecule has 5 atom stereocenters. The van der Waals surface area contributed by atoms with Crippen LogP contribution in [-0.2, 0) is 11.3 Å². The van der Waals surface area contributed by atoms with Gasteiger partial charge in [0.05, 0.1) is 12.1 Å². The van der Waals surface area contributed by atoms with Crippen molar-refractivity contribution in [2.45, 2.75) is 37.3 Å². The lowest BCUT2D eigenvalue weighted by molar-refractivity contribution is -0.299. The van der Waals surface area contributed by atoms with Crippen LogP contribution in [0.5, 0.6) is 0 Å². The maximum absolute atomic E-state index is 10.1. The minimum absolute atomic E-state index is 0.358. The number of aliphatic hydroxyl groups is 4. The summed E-state index contributed by atoms with van der Waals surface area (Å²) in [7, 11) is 0. The number of nitrogens with zero attached hydrogens (tertiary/aromatic N) is 1. The second kappa shape index (κ2) is 8.09. The summed E-state index contributed by atoms with van der Waals surface area (Å²) in [6.07, 6.45) is -5.04. The highest BCUT2D eigenvalue weighted by molar-refractivity contribution is 8.11. The Morgan fingerprint density at radius 3 is 2.65 bits per heavy atom. The molecule has 0 amide bonds. The van der Waals surface area contributed by atoms with Crippen molar-refractivity contribution in [2.24, 2.45) is 0 Å². The molecule has 0 spiro atoms. The third kappa shape index (κ3) is 3.81. The van der Waals surface area contributed by atoms with E-state index in [-0.39, 0.29) is 0 Å². The number of benzene rings is 1. The van der Waals surface area contributed by atoms with E-state index in [9.17, 15) is 20.4 Å². The summed E-state index contributed by atoms with van der Waals surface area (Å²) in [6.45, 7) is -0.0975. The third-order valence-corrected chi connectivity index (χ3v) is 4.56. The second-order valence-electron chi connectivity index (χ2n) is 5.96. The highest BCUT2D eigenvalue weighted by Crippen LogP contribution is 2.24. The van der Waals surface area contributed by atoms with E-state index in [4.69, 9.17) is 21.8 Å². The normalized spacial score (nSPS) is 28.9. The van der Waals surface area contributed by atoms with Crippen LogP contribution in [-0.4, -0.2) is 66.8 Å². The molecule has 1 aromatic heterocycles. The molecule has 26 heavy (non-hydrogen) atoms. The first kappa shape index (κ1) is 19.4. The number of fused-ring (bicyclic) bond motifs is 1. The van der Waals surface area contributed by atoms with E-state index < -0.39 is 37.3 Å². The number of thiocarbonyl (C=S) groups is 1. The third-order valence-electron chi connectivity index (χ3n) is 4.26. The summed E-state index contributed by atoms with van der Waals surface area (Å²) in [4.78, 5) is 5.70. The molecule has 1 aliphatic rings. The van der Waals surface area contributed by atoms with Crippen LogP contribution in [0.3, 0.4) is 0 Å². The summed E-state index contributed by atoms with van der Waals surface area (Å²) >= 11 is 8.95. The van der Waals surface area contributed by atoms with Crippen LogP contribution in [0.1, 0.15) is 5.56 Å². The van der Waals surface area contributed by atoms with E-state index in [0.717, 1.165) is 10.9 Å². The minimum Gasteiger partial charge on any atom is -0.394 e. The highest BCUT2D eigenvalue weighted by atomic mass is 32.1. The van der Waals surface area contributed by atoms with Crippen molar-refractivity contribution < 1.29 is 30.0 Å². The molecule has 1 saturated heterocycles. The number of aromatic nitrogens is 1. The Kier molecular flexibility index (Phi) is 6.03. The average Bonchev–Trinajstić information content (AvgIpc) is 2.98. The lowest BCUT2D eigenvalue weighted by atomic mass is 9.99. The Bertz CT molecular complexity index is 783. The quantitative estimate of drug-likeness (QED) is 0.285. The summed E-state index contributed by atoms with van der Waals surface area (Å²) in [6, 6.07) is 7.43. The van der Waals surface area contributed by atoms with Gasteiger partial charge in [-0.15, -0.1) is 12.6 Å². The molecular formula is C16H20N2O6S2. The van der Waals surface area contributed by atoms with Crippen LogP contribution in [0.15, 0.2) is 30.5 Å². The van der Waals surface area contributed by atoms with Crippen molar-refractivity contribution >= 4 is 40.1 Å². The van der Waals surface area contributed by atoms with Gasteiger partial charge in [-0.05, 0) is 6.07 Å². The fourth-order valence-corrected chi connectivity index (χ4v) is 3.03. The van der Waals surface area contributed by atoms with E-state index in [0.29, 0.717) is 16.4 Å². The number of ether oxygens (including phenoxy) is 1. The molecule has 8 nitrogen and oxygen atoms in total. The van der Waals surface area contributed by atoms with Gasteiger partial charge in [-0.2, -0.15) is 4.73 Å². The first-order valence-electron chi connectivity index (χ1n) is 7.95. The van der Waals surface area contributed by atoms with Crippen LogP contribution < -0.4 is 10.2 Å². The molecule has 0 saturated carbocycles. The Labute approximate surface area is 160 Å². The van der Waals surface area contributed by atoms with Crippen LogP contribution >= 0.6 is 24.8 Å². The van der Waals surface area contributed by atoms with Gasteiger partial charge in [0.2, 0.25) is 0 Å². The van der Waals surface area contributed by atoms with Gasteiger partial charge in [0.1, 0.15) is 28.7 Å². The number of nitrogens with one attached hydrogen (secondary N) is 1. The molecular weight excluding hydrogens is 380 g/mol. The average molecular weight is 400 g/mol. The maximum Gasteiger partial charge on any atom is 0.254 e. The Hall–Kier alpha value is -1.40. The van der Waals surface area contributed by atoms with Crippen molar-refractivity contribution in [3.05, 3.63) is 36.0 Å². The second-order valence-corrected chi connectivity index (χ2v) is 7.12. The van der Waals surface area contributed by atoms with E-state index in [1.165, 1.54) is 4.73 Å². The molecule has 1 aliphatic heterocycles. The predicted octanol–water partition coefficient (Wildman–Crippen LogP) is -0.826. The zero-order chi connectivity index (χ0) is 18.8. The zero-order valence-electron chi connectivity index (χ0n) is 13.6. The predicted molar refractivity (Wildman–Crippen MR) is 101 cm³/mol. The van der Waals surface area contributed by atoms with Gasteiger partial charge >= 0.3 is 0 Å². The molecule has 2 aromatic rings. The number of para-hydroxylation sites is 1. The fraction of sp³-hybridized carbons (Fsp3) is 0.438. The first-order chi connectivity index (χ1) is 12.4. The van der Waals surface area contributed by atoms with E-state index >= 15 is 0 Å². The van der Waals surface area contributed by atoms with Gasteiger partial charge in [0.15, 0.2) is 0 Å². The molecule has 2 heterocycles. The molecule has 5 N–H and O–H groups in total. The number of hydrogen-bond donors (Lipinski definition) is 6. The van der Waals surface area contributed by atoms with E-state index in [1.54, 1.807) is 6.20 Å². The van der Waals surface area contributed by atoms with Gasteiger partial charge in [-0.3, -0.25) is 0 Å². The summed E-state index contributed by atoms with van der Waals surface area (Å²) in [5.74, 6) is 0.